The van der Waals surface area contributed by atoms with Gasteiger partial charge in [0.05, 0.1) is 5.60 Å². The molecule has 1 N–H and O–H groups in total. The molecule has 118 valence electrons. The van der Waals surface area contributed by atoms with Gasteiger partial charge in [0, 0.05) is 20.3 Å². The van der Waals surface area contributed by atoms with E-state index >= 15 is 0 Å². The van der Waals surface area contributed by atoms with Crippen LogP contribution < -0.4 is 0 Å². The predicted molar refractivity (Wildman–Crippen MR) is 84.7 cm³/mol. The van der Waals surface area contributed by atoms with Crippen LogP contribution in [-0.4, -0.2) is 49.0 Å². The molecule has 0 atom stereocenters. The van der Waals surface area contributed by atoms with Crippen molar-refractivity contribution in [2.45, 2.75) is 66.4 Å². The first-order valence-electron chi connectivity index (χ1n) is 7.97. The van der Waals surface area contributed by atoms with Crippen LogP contribution in [0, 0.1) is 5.92 Å². The van der Waals surface area contributed by atoms with Gasteiger partial charge in [-0.25, -0.2) is 0 Å². The molecule has 0 aromatic carbocycles. The van der Waals surface area contributed by atoms with E-state index in [2.05, 4.69) is 4.90 Å². The lowest BCUT2D eigenvalue weighted by Crippen LogP contribution is -2.42. The third-order valence-corrected chi connectivity index (χ3v) is 3.41. The molecule has 0 saturated carbocycles. The van der Waals surface area contributed by atoms with Crippen molar-refractivity contribution in [1.82, 2.24) is 4.90 Å². The molecule has 0 unspecified atom stereocenters. The van der Waals surface area contributed by atoms with Gasteiger partial charge < -0.3 is 14.7 Å². The van der Waals surface area contributed by atoms with Gasteiger partial charge in [0.15, 0.2) is 0 Å². The predicted octanol–water partition coefficient (Wildman–Crippen LogP) is 3.56. The Morgan fingerprint density at radius 3 is 1.95 bits per heavy atom. The molecule has 1 rings (SSSR count). The Balaban J connectivity index is 0. The second-order valence-electron chi connectivity index (χ2n) is 5.12. The number of methoxy groups -OCH3 is 1. The van der Waals surface area contributed by atoms with Crippen molar-refractivity contribution in [3.05, 3.63) is 0 Å². The van der Waals surface area contributed by atoms with Gasteiger partial charge in [0.2, 0.25) is 0 Å². The van der Waals surface area contributed by atoms with Gasteiger partial charge in [-0.2, -0.15) is 0 Å². The third kappa shape index (κ3) is 10.3. The second-order valence-corrected chi connectivity index (χ2v) is 5.12. The normalized spacial score (nSPS) is 17.1. The average molecular weight is 275 g/mol. The maximum absolute atomic E-state index is 9.90. The minimum atomic E-state index is -0.501. The number of ether oxygens (including phenoxy) is 1. The monoisotopic (exact) mass is 275 g/mol. The first-order chi connectivity index (χ1) is 9.04. The van der Waals surface area contributed by atoms with Crippen LogP contribution in [-0.2, 0) is 4.74 Å². The largest absolute Gasteiger partial charge is 0.390 e. The molecule has 1 fully saturated rings. The Morgan fingerprint density at radius 1 is 1.11 bits per heavy atom. The molecular weight excluding hydrogens is 238 g/mol. The molecule has 1 saturated heterocycles. The summed E-state index contributed by atoms with van der Waals surface area (Å²) in [6.07, 6.45) is 3.36. The van der Waals surface area contributed by atoms with Crippen LogP contribution in [0.1, 0.15) is 60.8 Å². The lowest BCUT2D eigenvalue weighted by atomic mass is 9.83. The first-order valence-corrected chi connectivity index (χ1v) is 7.97. The number of nitrogens with zero attached hydrogens (tertiary/aromatic N) is 1. The van der Waals surface area contributed by atoms with Crippen LogP contribution in [0.15, 0.2) is 0 Å². The highest BCUT2D eigenvalue weighted by molar-refractivity contribution is 4.82. The molecule has 1 heterocycles. The molecule has 3 nitrogen and oxygen atoms in total. The lowest BCUT2D eigenvalue weighted by molar-refractivity contribution is -0.0132. The summed E-state index contributed by atoms with van der Waals surface area (Å²) in [5.74, 6) is 0.469. The van der Waals surface area contributed by atoms with Crippen molar-refractivity contribution >= 4 is 0 Å². The standard InChI is InChI=1S/C12H25NO2.2C2H6/c1-12(2,14)11-5-8-13(9-6-11)7-4-10-15-3;2*1-2/h11,14H,4-10H2,1-3H3;2*1-2H3. The molecule has 1 aliphatic rings. The van der Waals surface area contributed by atoms with Gasteiger partial charge in [0.25, 0.3) is 0 Å². The third-order valence-electron chi connectivity index (χ3n) is 3.41. The van der Waals surface area contributed by atoms with Crippen molar-refractivity contribution < 1.29 is 9.84 Å². The van der Waals surface area contributed by atoms with Crippen LogP contribution in [0.4, 0.5) is 0 Å². The number of hydrogen-bond acceptors (Lipinski definition) is 3. The summed E-state index contributed by atoms with van der Waals surface area (Å²) in [6.45, 7) is 16.1. The highest BCUT2D eigenvalue weighted by atomic mass is 16.5. The zero-order valence-electron chi connectivity index (χ0n) is 14.3. The maximum atomic E-state index is 9.90. The Labute approximate surface area is 121 Å². The second kappa shape index (κ2) is 12.9. The van der Waals surface area contributed by atoms with Crippen molar-refractivity contribution in [1.29, 1.82) is 0 Å². The van der Waals surface area contributed by atoms with E-state index in [1.165, 1.54) is 0 Å². The number of rotatable bonds is 5. The van der Waals surface area contributed by atoms with Crippen LogP contribution in [0.2, 0.25) is 0 Å². The summed E-state index contributed by atoms with van der Waals surface area (Å²) < 4.78 is 5.04. The number of piperidine rings is 1. The van der Waals surface area contributed by atoms with Gasteiger partial charge in [-0.05, 0) is 52.1 Å². The van der Waals surface area contributed by atoms with E-state index in [0.29, 0.717) is 5.92 Å². The Hall–Kier alpha value is -0.120. The van der Waals surface area contributed by atoms with Crippen LogP contribution >= 0.6 is 0 Å². The zero-order chi connectivity index (χ0) is 15.3. The summed E-state index contributed by atoms with van der Waals surface area (Å²) in [5, 5.41) is 9.90. The molecule has 0 aromatic heterocycles. The van der Waals surface area contributed by atoms with E-state index in [1.807, 2.05) is 41.5 Å². The highest BCUT2D eigenvalue weighted by Gasteiger charge is 2.30. The Kier molecular flexibility index (Phi) is 14.4. The minimum absolute atomic E-state index is 0.469. The molecule has 0 bridgehead atoms. The minimum Gasteiger partial charge on any atom is -0.390 e. The number of hydrogen-bond donors (Lipinski definition) is 1. The SMILES string of the molecule is CC.CC.COCCCN1CCC(C(C)(C)O)CC1. The fourth-order valence-corrected chi connectivity index (χ4v) is 2.30. The van der Waals surface area contributed by atoms with E-state index in [4.69, 9.17) is 4.74 Å². The van der Waals surface area contributed by atoms with Crippen LogP contribution in [0.25, 0.3) is 0 Å². The zero-order valence-corrected chi connectivity index (χ0v) is 14.3. The van der Waals surface area contributed by atoms with E-state index in [1.54, 1.807) is 7.11 Å². The van der Waals surface area contributed by atoms with E-state index in [-0.39, 0.29) is 0 Å². The fraction of sp³-hybridized carbons (Fsp3) is 1.00. The van der Waals surface area contributed by atoms with Crippen molar-refractivity contribution in [3.63, 3.8) is 0 Å². The van der Waals surface area contributed by atoms with E-state index < -0.39 is 5.60 Å². The molecular formula is C16H37NO2. The smallest absolute Gasteiger partial charge is 0.0620 e. The molecule has 1 aliphatic heterocycles. The Bertz CT molecular complexity index is 170. The van der Waals surface area contributed by atoms with Crippen molar-refractivity contribution in [2.75, 3.05) is 33.4 Å². The quantitative estimate of drug-likeness (QED) is 0.779. The van der Waals surface area contributed by atoms with Crippen molar-refractivity contribution in [2.24, 2.45) is 5.92 Å². The average Bonchev–Trinajstić information content (AvgIpc) is 2.43. The fourth-order valence-electron chi connectivity index (χ4n) is 2.30. The molecule has 3 heteroatoms. The molecule has 19 heavy (non-hydrogen) atoms. The van der Waals surface area contributed by atoms with Crippen LogP contribution in [0.3, 0.4) is 0 Å². The van der Waals surface area contributed by atoms with Gasteiger partial charge in [-0.15, -0.1) is 0 Å². The lowest BCUT2D eigenvalue weighted by Gasteiger charge is -2.37. The topological polar surface area (TPSA) is 32.7 Å². The number of aliphatic hydroxyl groups is 1. The summed E-state index contributed by atoms with van der Waals surface area (Å²) in [4.78, 5) is 2.47. The van der Waals surface area contributed by atoms with Gasteiger partial charge in [-0.1, -0.05) is 27.7 Å². The molecule has 0 aliphatic carbocycles. The first kappa shape index (κ1) is 21.2. The van der Waals surface area contributed by atoms with Crippen molar-refractivity contribution in [3.8, 4) is 0 Å². The van der Waals surface area contributed by atoms with Crippen LogP contribution in [0.5, 0.6) is 0 Å². The summed E-state index contributed by atoms with van der Waals surface area (Å²) in [6, 6.07) is 0. The van der Waals surface area contributed by atoms with E-state index in [0.717, 1.165) is 45.5 Å². The summed E-state index contributed by atoms with van der Waals surface area (Å²) >= 11 is 0. The van der Waals surface area contributed by atoms with Gasteiger partial charge >= 0.3 is 0 Å². The summed E-state index contributed by atoms with van der Waals surface area (Å²) in [7, 11) is 1.75. The maximum Gasteiger partial charge on any atom is 0.0620 e. The molecule has 0 spiro atoms. The molecule has 0 radical (unpaired) electrons. The van der Waals surface area contributed by atoms with E-state index in [9.17, 15) is 5.11 Å². The van der Waals surface area contributed by atoms with Gasteiger partial charge in [0.1, 0.15) is 0 Å². The highest BCUT2D eigenvalue weighted by Crippen LogP contribution is 2.27. The van der Waals surface area contributed by atoms with Gasteiger partial charge in [-0.3, -0.25) is 0 Å². The molecule has 0 aromatic rings. The molecule has 0 amide bonds. The summed E-state index contributed by atoms with van der Waals surface area (Å²) in [5.41, 5.74) is -0.501. The number of likely N-dealkylation sites (tertiary alicyclic amines) is 1. The Morgan fingerprint density at radius 2 is 1.58 bits per heavy atom.